The number of hydrogen-bond donors (Lipinski definition) is 1. The Morgan fingerprint density at radius 2 is 1.94 bits per heavy atom. The second-order valence-corrected chi connectivity index (χ2v) is 9.19. The van der Waals surface area contributed by atoms with Crippen LogP contribution >= 0.6 is 0 Å². The highest BCUT2D eigenvalue weighted by Gasteiger charge is 2.33. The zero-order chi connectivity index (χ0) is 22.0. The lowest BCUT2D eigenvalue weighted by molar-refractivity contribution is -0.142. The van der Waals surface area contributed by atoms with Crippen molar-refractivity contribution in [1.82, 2.24) is 24.8 Å². The molecule has 0 aliphatic carbocycles. The third-order valence-corrected chi connectivity index (χ3v) is 5.70. The van der Waals surface area contributed by atoms with Gasteiger partial charge in [0, 0.05) is 31.2 Å². The van der Waals surface area contributed by atoms with Gasteiger partial charge in [0.05, 0.1) is 17.0 Å². The Morgan fingerprint density at radius 1 is 1.13 bits per heavy atom. The van der Waals surface area contributed by atoms with Crippen molar-refractivity contribution in [2.75, 3.05) is 13.1 Å². The van der Waals surface area contributed by atoms with Gasteiger partial charge < -0.3 is 10.2 Å². The van der Waals surface area contributed by atoms with Gasteiger partial charge >= 0.3 is 0 Å². The first-order valence-corrected chi connectivity index (χ1v) is 10.8. The van der Waals surface area contributed by atoms with Crippen molar-refractivity contribution in [3.8, 4) is 5.82 Å². The highest BCUT2D eigenvalue weighted by atomic mass is 16.2. The Kier molecular flexibility index (Phi) is 5.76. The third-order valence-electron chi connectivity index (χ3n) is 5.70. The fraction of sp³-hybridized carbons (Fsp3) is 0.417. The van der Waals surface area contributed by atoms with Gasteiger partial charge in [0.15, 0.2) is 0 Å². The van der Waals surface area contributed by atoms with Crippen molar-refractivity contribution in [2.45, 2.75) is 40.2 Å². The van der Waals surface area contributed by atoms with Gasteiger partial charge in [-0.1, -0.05) is 39.0 Å². The van der Waals surface area contributed by atoms with Crippen molar-refractivity contribution in [3.05, 3.63) is 54.5 Å². The molecule has 0 radical (unpaired) electrons. The molecule has 1 aliphatic heterocycles. The van der Waals surface area contributed by atoms with E-state index in [4.69, 9.17) is 0 Å². The molecule has 1 unspecified atom stereocenters. The lowest BCUT2D eigenvalue weighted by Gasteiger charge is -2.35. The summed E-state index contributed by atoms with van der Waals surface area (Å²) in [6, 6.07) is 11.8. The number of piperidine rings is 1. The van der Waals surface area contributed by atoms with E-state index >= 15 is 0 Å². The van der Waals surface area contributed by atoms with Gasteiger partial charge in [0.25, 0.3) is 0 Å². The van der Waals surface area contributed by atoms with Crippen LogP contribution in [0.4, 0.5) is 0 Å². The van der Waals surface area contributed by atoms with Crippen LogP contribution in [0.3, 0.4) is 0 Å². The quantitative estimate of drug-likeness (QED) is 0.704. The average Bonchev–Trinajstić information content (AvgIpc) is 3.21. The molecule has 1 saturated heterocycles. The van der Waals surface area contributed by atoms with Crippen LogP contribution in [0.25, 0.3) is 16.9 Å². The summed E-state index contributed by atoms with van der Waals surface area (Å²) in [5.74, 6) is 0.727. The Labute approximate surface area is 182 Å². The topological polar surface area (TPSA) is 80.1 Å². The lowest BCUT2D eigenvalue weighted by Crippen LogP contribution is -2.48. The largest absolute Gasteiger partial charge is 0.352 e. The molecule has 0 bridgehead atoms. The van der Waals surface area contributed by atoms with Crippen molar-refractivity contribution in [3.63, 3.8) is 0 Å². The minimum Gasteiger partial charge on any atom is -0.352 e. The molecule has 2 aromatic heterocycles. The van der Waals surface area contributed by atoms with Crippen molar-refractivity contribution in [2.24, 2.45) is 11.3 Å². The molecule has 2 amide bonds. The molecule has 3 aromatic rings. The monoisotopic (exact) mass is 419 g/mol. The predicted octanol–water partition coefficient (Wildman–Crippen LogP) is 3.32. The number of carbonyl (C=O) groups is 2. The van der Waals surface area contributed by atoms with Crippen LogP contribution in [0, 0.1) is 11.3 Å². The van der Waals surface area contributed by atoms with Gasteiger partial charge in [-0.15, -0.1) is 0 Å². The second-order valence-electron chi connectivity index (χ2n) is 9.19. The Bertz CT molecular complexity index is 1080. The van der Waals surface area contributed by atoms with Crippen LogP contribution in [-0.2, 0) is 16.1 Å². The molecular formula is C24H29N5O2. The first-order valence-electron chi connectivity index (χ1n) is 10.8. The molecule has 1 N–H and O–H groups in total. The number of fused-ring (bicyclic) bond motifs is 1. The summed E-state index contributed by atoms with van der Waals surface area (Å²) < 4.78 is 1.94. The zero-order valence-corrected chi connectivity index (χ0v) is 18.3. The molecule has 0 spiro atoms. The molecule has 1 aliphatic rings. The van der Waals surface area contributed by atoms with E-state index in [0.29, 0.717) is 13.1 Å². The minimum absolute atomic E-state index is 0.00362. The number of aromatic nitrogens is 3. The number of para-hydroxylation sites is 2. The highest BCUT2D eigenvalue weighted by molar-refractivity contribution is 5.84. The number of benzene rings is 1. The van der Waals surface area contributed by atoms with Crippen molar-refractivity contribution in [1.29, 1.82) is 0 Å². The maximum absolute atomic E-state index is 12.7. The summed E-state index contributed by atoms with van der Waals surface area (Å²) >= 11 is 0. The number of pyridine rings is 1. The molecule has 3 heterocycles. The number of carbonyl (C=O) groups excluding carboxylic acids is 2. The number of amides is 2. The van der Waals surface area contributed by atoms with Crippen molar-refractivity contribution < 1.29 is 9.59 Å². The van der Waals surface area contributed by atoms with E-state index in [1.807, 2.05) is 66.6 Å². The van der Waals surface area contributed by atoms with E-state index in [1.54, 1.807) is 12.5 Å². The van der Waals surface area contributed by atoms with E-state index in [2.05, 4.69) is 15.3 Å². The number of nitrogens with one attached hydrogen (secondary N) is 1. The normalized spacial score (nSPS) is 17.0. The van der Waals surface area contributed by atoms with Gasteiger partial charge in [-0.2, -0.15) is 0 Å². The summed E-state index contributed by atoms with van der Waals surface area (Å²) in [5, 5.41) is 3.01. The summed E-state index contributed by atoms with van der Waals surface area (Å²) in [5.41, 5.74) is 2.43. The molecule has 1 atom stereocenters. The molecule has 162 valence electrons. The van der Waals surface area contributed by atoms with E-state index < -0.39 is 5.41 Å². The van der Waals surface area contributed by atoms with Crippen LogP contribution in [-0.4, -0.2) is 44.3 Å². The number of likely N-dealkylation sites (tertiary alicyclic amines) is 1. The van der Waals surface area contributed by atoms with Gasteiger partial charge in [-0.3, -0.25) is 14.2 Å². The zero-order valence-electron chi connectivity index (χ0n) is 18.3. The highest BCUT2D eigenvalue weighted by Crippen LogP contribution is 2.24. The Balaban J connectivity index is 1.36. The number of nitrogens with zero attached hydrogens (tertiary/aromatic N) is 4. The van der Waals surface area contributed by atoms with Crippen LogP contribution in [0.5, 0.6) is 0 Å². The molecule has 0 saturated carbocycles. The molecule has 1 aromatic carbocycles. The fourth-order valence-electron chi connectivity index (χ4n) is 3.99. The fourth-order valence-corrected chi connectivity index (χ4v) is 3.99. The van der Waals surface area contributed by atoms with Crippen LogP contribution in [0.15, 0.2) is 48.9 Å². The lowest BCUT2D eigenvalue weighted by atomic mass is 9.91. The Morgan fingerprint density at radius 3 is 2.68 bits per heavy atom. The first-order chi connectivity index (χ1) is 14.8. The molecule has 7 nitrogen and oxygen atoms in total. The van der Waals surface area contributed by atoms with E-state index in [1.165, 1.54) is 0 Å². The third kappa shape index (κ3) is 4.60. The first kappa shape index (κ1) is 21.0. The van der Waals surface area contributed by atoms with E-state index in [0.717, 1.165) is 41.8 Å². The van der Waals surface area contributed by atoms with Crippen LogP contribution in [0.1, 0.15) is 39.2 Å². The predicted molar refractivity (Wildman–Crippen MR) is 119 cm³/mol. The maximum Gasteiger partial charge on any atom is 0.227 e. The minimum atomic E-state index is -0.424. The molecule has 7 heteroatoms. The second kappa shape index (κ2) is 8.49. The number of rotatable bonds is 4. The van der Waals surface area contributed by atoms with E-state index in [-0.39, 0.29) is 17.7 Å². The maximum atomic E-state index is 12.7. The summed E-state index contributed by atoms with van der Waals surface area (Å²) in [6.45, 7) is 7.40. The Hall–Kier alpha value is -3.22. The van der Waals surface area contributed by atoms with Gasteiger partial charge in [-0.05, 0) is 36.6 Å². The smallest absolute Gasteiger partial charge is 0.227 e. The summed E-state index contributed by atoms with van der Waals surface area (Å²) in [6.07, 6.45) is 5.21. The van der Waals surface area contributed by atoms with Crippen molar-refractivity contribution >= 4 is 22.8 Å². The number of hydrogen-bond acceptors (Lipinski definition) is 4. The summed E-state index contributed by atoms with van der Waals surface area (Å²) in [4.78, 5) is 36.0. The molecule has 31 heavy (non-hydrogen) atoms. The average molecular weight is 420 g/mol. The summed E-state index contributed by atoms with van der Waals surface area (Å²) in [7, 11) is 0. The van der Waals surface area contributed by atoms with Gasteiger partial charge in [-0.25, -0.2) is 9.97 Å². The van der Waals surface area contributed by atoms with Crippen LogP contribution < -0.4 is 5.32 Å². The molecular weight excluding hydrogens is 390 g/mol. The molecule has 4 rings (SSSR count). The van der Waals surface area contributed by atoms with Gasteiger partial charge in [0.2, 0.25) is 11.8 Å². The standard InChI is InChI=1S/C24H29N5O2/c1-24(2,3)23(31)28-12-6-7-18(15-28)22(30)26-14-17-10-11-21(25-13-17)29-16-27-19-8-4-5-9-20(19)29/h4-5,8-11,13,16,18H,6-7,12,14-15H2,1-3H3,(H,26,30). The SMILES string of the molecule is CC(C)(C)C(=O)N1CCCC(C(=O)NCc2ccc(-n3cnc4ccccc43)nc2)C1. The molecule has 1 fully saturated rings. The van der Waals surface area contributed by atoms with Crippen LogP contribution in [0.2, 0.25) is 0 Å². The van der Waals surface area contributed by atoms with E-state index in [9.17, 15) is 9.59 Å². The number of imidazole rings is 1. The van der Waals surface area contributed by atoms with Gasteiger partial charge in [0.1, 0.15) is 12.1 Å².